The summed E-state index contributed by atoms with van der Waals surface area (Å²) in [5.74, 6) is 1.39. The van der Waals surface area contributed by atoms with Gasteiger partial charge in [-0.2, -0.15) is 0 Å². The first kappa shape index (κ1) is 15.2. The molecule has 114 valence electrons. The molecule has 1 aromatic carbocycles. The molecular formula is C16H15ClN2O2S. The van der Waals surface area contributed by atoms with Gasteiger partial charge >= 0.3 is 0 Å². The van der Waals surface area contributed by atoms with Gasteiger partial charge in [-0.1, -0.05) is 23.7 Å². The third-order valence-corrected chi connectivity index (χ3v) is 4.97. The number of pyridine rings is 1. The van der Waals surface area contributed by atoms with Gasteiger partial charge in [0.2, 0.25) is 5.88 Å². The van der Waals surface area contributed by atoms with Crippen LogP contribution in [-0.4, -0.2) is 35.2 Å². The number of hydrogen-bond acceptors (Lipinski definition) is 4. The van der Waals surface area contributed by atoms with Gasteiger partial charge in [0.05, 0.1) is 12.7 Å². The minimum Gasteiger partial charge on any atom is -0.481 e. The van der Waals surface area contributed by atoms with Crippen LogP contribution in [0.25, 0.3) is 0 Å². The van der Waals surface area contributed by atoms with Gasteiger partial charge in [0.15, 0.2) is 0 Å². The van der Waals surface area contributed by atoms with Crippen LogP contribution in [0.1, 0.15) is 21.3 Å². The SMILES string of the molecule is COc1ccc(C(=O)N2CCSC2c2cccc(Cl)c2)cn1. The summed E-state index contributed by atoms with van der Waals surface area (Å²) >= 11 is 7.81. The predicted molar refractivity (Wildman–Crippen MR) is 88.5 cm³/mol. The van der Waals surface area contributed by atoms with Gasteiger partial charge in [-0.25, -0.2) is 4.98 Å². The lowest BCUT2D eigenvalue weighted by Crippen LogP contribution is -2.30. The second-order valence-corrected chi connectivity index (χ2v) is 6.49. The second-order valence-electron chi connectivity index (χ2n) is 4.87. The third-order valence-electron chi connectivity index (χ3n) is 3.48. The van der Waals surface area contributed by atoms with Crippen LogP contribution < -0.4 is 4.74 Å². The average molecular weight is 335 g/mol. The average Bonchev–Trinajstić information content (AvgIpc) is 3.04. The number of rotatable bonds is 3. The Morgan fingerprint density at radius 1 is 1.41 bits per heavy atom. The molecule has 0 bridgehead atoms. The molecule has 22 heavy (non-hydrogen) atoms. The molecule has 1 atom stereocenters. The maximum Gasteiger partial charge on any atom is 0.256 e. The topological polar surface area (TPSA) is 42.4 Å². The van der Waals surface area contributed by atoms with Crippen molar-refractivity contribution in [3.8, 4) is 5.88 Å². The van der Waals surface area contributed by atoms with Crippen LogP contribution in [0.4, 0.5) is 0 Å². The zero-order valence-electron chi connectivity index (χ0n) is 12.0. The fourth-order valence-electron chi connectivity index (χ4n) is 2.41. The molecule has 1 amide bonds. The summed E-state index contributed by atoms with van der Waals surface area (Å²) < 4.78 is 5.02. The van der Waals surface area contributed by atoms with E-state index in [9.17, 15) is 4.79 Å². The highest BCUT2D eigenvalue weighted by molar-refractivity contribution is 7.99. The Hall–Kier alpha value is -1.72. The van der Waals surface area contributed by atoms with Gasteiger partial charge in [0.25, 0.3) is 5.91 Å². The molecule has 1 aliphatic heterocycles. The number of halogens is 1. The normalized spacial score (nSPS) is 17.5. The number of benzene rings is 1. The van der Waals surface area contributed by atoms with E-state index in [2.05, 4.69) is 4.98 Å². The standard InChI is InChI=1S/C16H15ClN2O2S/c1-21-14-6-5-12(10-18-14)15(20)19-7-8-22-16(19)11-3-2-4-13(17)9-11/h2-6,9-10,16H,7-8H2,1H3. The number of thioether (sulfide) groups is 1. The molecule has 1 fully saturated rings. The second kappa shape index (κ2) is 6.58. The summed E-state index contributed by atoms with van der Waals surface area (Å²) in [7, 11) is 1.55. The third kappa shape index (κ3) is 3.05. The number of hydrogen-bond donors (Lipinski definition) is 0. The Labute approximate surface area is 138 Å². The zero-order valence-corrected chi connectivity index (χ0v) is 13.6. The number of amides is 1. The minimum absolute atomic E-state index is 0.00620. The number of ether oxygens (including phenoxy) is 1. The highest BCUT2D eigenvalue weighted by atomic mass is 35.5. The molecular weight excluding hydrogens is 320 g/mol. The van der Waals surface area contributed by atoms with E-state index >= 15 is 0 Å². The maximum atomic E-state index is 12.7. The maximum absolute atomic E-state index is 12.7. The van der Waals surface area contributed by atoms with Gasteiger partial charge in [-0.05, 0) is 23.8 Å². The van der Waals surface area contributed by atoms with Gasteiger partial charge in [-0.3, -0.25) is 4.79 Å². The molecule has 0 saturated carbocycles. The van der Waals surface area contributed by atoms with Crippen LogP contribution in [0.3, 0.4) is 0 Å². The lowest BCUT2D eigenvalue weighted by Gasteiger charge is -2.24. The highest BCUT2D eigenvalue weighted by Gasteiger charge is 2.31. The molecule has 0 aliphatic carbocycles. The van der Waals surface area contributed by atoms with Crippen molar-refractivity contribution in [2.45, 2.75) is 5.37 Å². The number of carbonyl (C=O) groups is 1. The van der Waals surface area contributed by atoms with E-state index in [1.807, 2.05) is 29.2 Å². The summed E-state index contributed by atoms with van der Waals surface area (Å²) in [5.41, 5.74) is 1.61. The van der Waals surface area contributed by atoms with E-state index in [1.54, 1.807) is 37.2 Å². The number of nitrogens with zero attached hydrogens (tertiary/aromatic N) is 2. The van der Waals surface area contributed by atoms with Crippen LogP contribution in [0, 0.1) is 0 Å². The summed E-state index contributed by atoms with van der Waals surface area (Å²) in [6, 6.07) is 11.1. The monoisotopic (exact) mass is 334 g/mol. The van der Waals surface area contributed by atoms with E-state index in [0.717, 1.165) is 11.3 Å². The first-order valence-electron chi connectivity index (χ1n) is 6.87. The van der Waals surface area contributed by atoms with Crippen molar-refractivity contribution in [1.29, 1.82) is 0 Å². The quantitative estimate of drug-likeness (QED) is 0.859. The molecule has 0 N–H and O–H groups in total. The number of aromatic nitrogens is 1. The van der Waals surface area contributed by atoms with Crippen LogP contribution >= 0.6 is 23.4 Å². The Balaban J connectivity index is 1.84. The van der Waals surface area contributed by atoms with Crippen molar-refractivity contribution in [2.75, 3.05) is 19.4 Å². The molecule has 0 spiro atoms. The summed E-state index contributed by atoms with van der Waals surface area (Å²) in [4.78, 5) is 18.7. The Morgan fingerprint density at radius 3 is 2.95 bits per heavy atom. The number of methoxy groups -OCH3 is 1. The minimum atomic E-state index is -0.0230. The largest absolute Gasteiger partial charge is 0.481 e. The molecule has 2 heterocycles. The summed E-state index contributed by atoms with van der Waals surface area (Å²) in [6.07, 6.45) is 1.55. The molecule has 4 nitrogen and oxygen atoms in total. The van der Waals surface area contributed by atoms with Crippen LogP contribution in [0.2, 0.25) is 5.02 Å². The fraction of sp³-hybridized carbons (Fsp3) is 0.250. The molecule has 0 radical (unpaired) electrons. The highest BCUT2D eigenvalue weighted by Crippen LogP contribution is 2.39. The van der Waals surface area contributed by atoms with E-state index in [1.165, 1.54) is 0 Å². The lowest BCUT2D eigenvalue weighted by molar-refractivity contribution is 0.0760. The molecule has 2 aromatic rings. The van der Waals surface area contributed by atoms with Crippen molar-refractivity contribution in [3.63, 3.8) is 0 Å². The Morgan fingerprint density at radius 2 is 2.27 bits per heavy atom. The molecule has 6 heteroatoms. The van der Waals surface area contributed by atoms with Crippen LogP contribution in [-0.2, 0) is 0 Å². The van der Waals surface area contributed by atoms with Gasteiger partial charge < -0.3 is 9.64 Å². The molecule has 1 saturated heterocycles. The fourth-order valence-corrected chi connectivity index (χ4v) is 3.85. The van der Waals surface area contributed by atoms with Crippen molar-refractivity contribution in [3.05, 3.63) is 58.7 Å². The molecule has 1 aliphatic rings. The molecule has 3 rings (SSSR count). The lowest BCUT2D eigenvalue weighted by atomic mass is 10.2. The Bertz CT molecular complexity index is 678. The van der Waals surface area contributed by atoms with E-state index in [0.29, 0.717) is 23.0 Å². The van der Waals surface area contributed by atoms with Gasteiger partial charge in [0.1, 0.15) is 5.37 Å². The van der Waals surface area contributed by atoms with Crippen LogP contribution in [0.15, 0.2) is 42.6 Å². The van der Waals surface area contributed by atoms with Crippen molar-refractivity contribution < 1.29 is 9.53 Å². The van der Waals surface area contributed by atoms with Crippen molar-refractivity contribution in [1.82, 2.24) is 9.88 Å². The summed E-state index contributed by atoms with van der Waals surface area (Å²) in [6.45, 7) is 0.715. The van der Waals surface area contributed by atoms with Gasteiger partial charge in [0, 0.05) is 29.6 Å². The Kier molecular flexibility index (Phi) is 4.55. The summed E-state index contributed by atoms with van der Waals surface area (Å²) in [5, 5.41) is 0.678. The van der Waals surface area contributed by atoms with Crippen LogP contribution in [0.5, 0.6) is 5.88 Å². The van der Waals surface area contributed by atoms with Gasteiger partial charge in [-0.15, -0.1) is 11.8 Å². The number of carbonyl (C=O) groups excluding carboxylic acids is 1. The first-order chi connectivity index (χ1) is 10.7. The van der Waals surface area contributed by atoms with Crippen molar-refractivity contribution >= 4 is 29.3 Å². The van der Waals surface area contributed by atoms with E-state index < -0.39 is 0 Å². The zero-order chi connectivity index (χ0) is 15.5. The molecule has 1 aromatic heterocycles. The predicted octanol–water partition coefficient (Wildman–Crippen LogP) is 3.63. The van der Waals surface area contributed by atoms with E-state index in [-0.39, 0.29) is 11.3 Å². The van der Waals surface area contributed by atoms with Crippen molar-refractivity contribution in [2.24, 2.45) is 0 Å². The first-order valence-corrected chi connectivity index (χ1v) is 8.30. The smallest absolute Gasteiger partial charge is 0.256 e. The van der Waals surface area contributed by atoms with E-state index in [4.69, 9.17) is 16.3 Å². The molecule has 1 unspecified atom stereocenters.